The van der Waals surface area contributed by atoms with Crippen molar-refractivity contribution >= 4 is 5.97 Å². The molecule has 1 saturated carbocycles. The van der Waals surface area contributed by atoms with Gasteiger partial charge in [0.15, 0.2) is 6.10 Å². The Balaban J connectivity index is 1.93. The number of ether oxygens (including phenoxy) is 1. The van der Waals surface area contributed by atoms with Crippen LogP contribution in [0.2, 0.25) is 0 Å². The van der Waals surface area contributed by atoms with E-state index < -0.39 is 5.97 Å². The molecular weight excluding hydrogens is 280 g/mol. The second-order valence-corrected chi connectivity index (χ2v) is 6.39. The van der Waals surface area contributed by atoms with Crippen molar-refractivity contribution in [3.05, 3.63) is 35.9 Å². The molecule has 0 bridgehead atoms. The standard InChI is InChI=1S/C18H25O4/c1-12(2)16-10-5-13(3)11-17(16)21-22-18(19)14-6-8-15(20-4)9-7-14/h6-9,12-13,16H,5,10-11H2,1-4H3. The summed E-state index contributed by atoms with van der Waals surface area (Å²) in [6.45, 7) is 6.55. The molecule has 22 heavy (non-hydrogen) atoms. The van der Waals surface area contributed by atoms with E-state index in [4.69, 9.17) is 14.5 Å². The monoisotopic (exact) mass is 305 g/mol. The van der Waals surface area contributed by atoms with Crippen LogP contribution in [-0.2, 0) is 9.78 Å². The van der Waals surface area contributed by atoms with Crippen LogP contribution >= 0.6 is 0 Å². The molecule has 1 aliphatic carbocycles. The first-order valence-electron chi connectivity index (χ1n) is 7.90. The maximum absolute atomic E-state index is 12.0. The number of benzene rings is 1. The molecule has 0 spiro atoms. The van der Waals surface area contributed by atoms with E-state index in [1.165, 1.54) is 6.42 Å². The van der Waals surface area contributed by atoms with Gasteiger partial charge in [0.2, 0.25) is 0 Å². The molecule has 2 atom stereocenters. The third kappa shape index (κ3) is 4.23. The van der Waals surface area contributed by atoms with Gasteiger partial charge in [0.05, 0.1) is 12.7 Å². The van der Waals surface area contributed by atoms with E-state index in [0.29, 0.717) is 29.1 Å². The van der Waals surface area contributed by atoms with Crippen LogP contribution in [0.25, 0.3) is 0 Å². The zero-order valence-corrected chi connectivity index (χ0v) is 13.8. The Kier molecular flexibility index (Phi) is 5.83. The third-order valence-electron chi connectivity index (χ3n) is 4.29. The van der Waals surface area contributed by atoms with Gasteiger partial charge < -0.3 is 4.74 Å². The predicted molar refractivity (Wildman–Crippen MR) is 84.1 cm³/mol. The molecular formula is C18H25O4. The van der Waals surface area contributed by atoms with Gasteiger partial charge in [-0.15, -0.1) is 0 Å². The summed E-state index contributed by atoms with van der Waals surface area (Å²) in [5.74, 6) is 1.65. The highest BCUT2D eigenvalue weighted by molar-refractivity contribution is 5.89. The van der Waals surface area contributed by atoms with Gasteiger partial charge >= 0.3 is 5.97 Å². The summed E-state index contributed by atoms with van der Waals surface area (Å²) < 4.78 is 5.07. The van der Waals surface area contributed by atoms with E-state index in [1.54, 1.807) is 31.4 Å². The van der Waals surface area contributed by atoms with Gasteiger partial charge in [-0.1, -0.05) is 27.2 Å². The minimum atomic E-state index is -0.476. The Morgan fingerprint density at radius 3 is 2.45 bits per heavy atom. The summed E-state index contributed by atoms with van der Waals surface area (Å²) >= 11 is 0. The molecule has 0 saturated heterocycles. The molecule has 1 fully saturated rings. The molecule has 1 aromatic rings. The molecule has 0 aromatic heterocycles. The molecule has 4 nitrogen and oxygen atoms in total. The maximum Gasteiger partial charge on any atom is 0.373 e. The van der Waals surface area contributed by atoms with Crippen LogP contribution in [0.15, 0.2) is 24.3 Å². The van der Waals surface area contributed by atoms with Crippen molar-refractivity contribution in [3.8, 4) is 5.75 Å². The van der Waals surface area contributed by atoms with Crippen LogP contribution in [0.3, 0.4) is 0 Å². The highest BCUT2D eigenvalue weighted by atomic mass is 17.2. The third-order valence-corrected chi connectivity index (χ3v) is 4.29. The van der Waals surface area contributed by atoms with Gasteiger partial charge in [0, 0.05) is 0 Å². The normalized spacial score (nSPS) is 22.6. The molecule has 2 unspecified atom stereocenters. The van der Waals surface area contributed by atoms with Crippen molar-refractivity contribution in [2.24, 2.45) is 17.8 Å². The van der Waals surface area contributed by atoms with Crippen LogP contribution in [0.5, 0.6) is 5.75 Å². The largest absolute Gasteiger partial charge is 0.497 e. The minimum Gasteiger partial charge on any atom is -0.497 e. The summed E-state index contributed by atoms with van der Waals surface area (Å²) in [4.78, 5) is 22.5. The highest BCUT2D eigenvalue weighted by Gasteiger charge is 2.34. The first kappa shape index (κ1) is 16.8. The molecule has 4 heteroatoms. The number of rotatable bonds is 5. The lowest BCUT2D eigenvalue weighted by Gasteiger charge is -2.34. The lowest BCUT2D eigenvalue weighted by molar-refractivity contribution is -0.251. The van der Waals surface area contributed by atoms with E-state index in [-0.39, 0.29) is 0 Å². The summed E-state index contributed by atoms with van der Waals surface area (Å²) in [6, 6.07) is 6.78. The van der Waals surface area contributed by atoms with Crippen molar-refractivity contribution in [2.75, 3.05) is 7.11 Å². The van der Waals surface area contributed by atoms with Crippen LogP contribution in [-0.4, -0.2) is 13.1 Å². The molecule has 0 aliphatic heterocycles. The number of hydrogen-bond acceptors (Lipinski definition) is 4. The Hall–Kier alpha value is -1.55. The minimum absolute atomic E-state index is 0.361. The van der Waals surface area contributed by atoms with Gasteiger partial charge in [-0.3, -0.25) is 4.89 Å². The molecule has 1 aliphatic rings. The molecule has 1 aromatic carbocycles. The highest BCUT2D eigenvalue weighted by Crippen LogP contribution is 2.40. The van der Waals surface area contributed by atoms with Crippen LogP contribution in [0.1, 0.15) is 50.4 Å². The van der Waals surface area contributed by atoms with Crippen molar-refractivity contribution in [1.29, 1.82) is 0 Å². The van der Waals surface area contributed by atoms with E-state index in [9.17, 15) is 4.79 Å². The van der Waals surface area contributed by atoms with Crippen molar-refractivity contribution in [3.63, 3.8) is 0 Å². The fourth-order valence-corrected chi connectivity index (χ4v) is 2.89. The number of methoxy groups -OCH3 is 1. The second kappa shape index (κ2) is 7.63. The summed E-state index contributed by atoms with van der Waals surface area (Å²) in [7, 11) is 1.59. The van der Waals surface area contributed by atoms with Crippen LogP contribution < -0.4 is 4.74 Å². The topological polar surface area (TPSA) is 44.8 Å². The fraction of sp³-hybridized carbons (Fsp3) is 0.556. The Labute approximate surface area is 132 Å². The fourth-order valence-electron chi connectivity index (χ4n) is 2.89. The van der Waals surface area contributed by atoms with Crippen molar-refractivity contribution in [1.82, 2.24) is 0 Å². The Morgan fingerprint density at radius 1 is 1.18 bits per heavy atom. The van der Waals surface area contributed by atoms with Gasteiger partial charge in [0.25, 0.3) is 0 Å². The summed E-state index contributed by atoms with van der Waals surface area (Å²) in [6.07, 6.45) is 4.05. The molecule has 0 heterocycles. The maximum atomic E-state index is 12.0. The Bertz CT molecular complexity index is 480. The van der Waals surface area contributed by atoms with Crippen LogP contribution in [0, 0.1) is 23.9 Å². The lowest BCUT2D eigenvalue weighted by Crippen LogP contribution is -2.28. The second-order valence-electron chi connectivity index (χ2n) is 6.39. The molecule has 1 radical (unpaired) electrons. The predicted octanol–water partition coefficient (Wildman–Crippen LogP) is 4.41. The van der Waals surface area contributed by atoms with E-state index in [1.807, 2.05) is 0 Å². The smallest absolute Gasteiger partial charge is 0.373 e. The summed E-state index contributed by atoms with van der Waals surface area (Å²) in [5.41, 5.74) is 0.450. The molecule has 2 rings (SSSR count). The van der Waals surface area contributed by atoms with E-state index in [0.717, 1.165) is 18.9 Å². The number of carbonyl (C=O) groups excluding carboxylic acids is 1. The lowest BCUT2D eigenvalue weighted by atomic mass is 9.75. The van der Waals surface area contributed by atoms with Crippen molar-refractivity contribution in [2.45, 2.75) is 40.0 Å². The zero-order chi connectivity index (χ0) is 16.1. The van der Waals surface area contributed by atoms with Gasteiger partial charge in [-0.05, 0) is 54.9 Å². The number of hydrogen-bond donors (Lipinski definition) is 0. The average molecular weight is 305 g/mol. The zero-order valence-electron chi connectivity index (χ0n) is 13.8. The summed E-state index contributed by atoms with van der Waals surface area (Å²) in [5, 5.41) is 0. The molecule has 121 valence electrons. The first-order chi connectivity index (χ1) is 10.5. The van der Waals surface area contributed by atoms with E-state index >= 15 is 0 Å². The SMILES string of the molecule is COc1ccc(C(=O)OO[C]2CC(C)CCC2C(C)C)cc1. The quantitative estimate of drug-likeness (QED) is 0.597. The van der Waals surface area contributed by atoms with E-state index in [2.05, 4.69) is 20.8 Å². The van der Waals surface area contributed by atoms with Gasteiger partial charge in [-0.2, -0.15) is 4.89 Å². The van der Waals surface area contributed by atoms with Gasteiger partial charge in [0.1, 0.15) is 5.75 Å². The van der Waals surface area contributed by atoms with Crippen molar-refractivity contribution < 1.29 is 19.3 Å². The Morgan fingerprint density at radius 2 is 1.86 bits per heavy atom. The molecule has 0 amide bonds. The molecule has 0 N–H and O–H groups in total. The average Bonchev–Trinajstić information content (AvgIpc) is 2.52. The first-order valence-corrected chi connectivity index (χ1v) is 7.90. The number of carbonyl (C=O) groups is 1. The van der Waals surface area contributed by atoms with Gasteiger partial charge in [-0.25, -0.2) is 4.79 Å². The van der Waals surface area contributed by atoms with Crippen LogP contribution in [0.4, 0.5) is 0 Å².